The van der Waals surface area contributed by atoms with Crippen LogP contribution < -0.4 is 10.2 Å². The predicted molar refractivity (Wildman–Crippen MR) is 265 cm³/mol. The molecule has 12 heteroatoms. The number of ether oxygens (including phenoxy) is 4. The third-order valence-electron chi connectivity index (χ3n) is 8.57. The highest BCUT2D eigenvalue weighted by Crippen LogP contribution is 2.32. The van der Waals surface area contributed by atoms with Crippen LogP contribution in [0.25, 0.3) is 17.0 Å². The minimum absolute atomic E-state index is 0. The first-order chi connectivity index (χ1) is 28.9. The van der Waals surface area contributed by atoms with Crippen LogP contribution in [0.1, 0.15) is 133 Å². The number of alkyl carbamates (subject to hydrolysis) is 1. The van der Waals surface area contributed by atoms with Crippen molar-refractivity contribution in [3.63, 3.8) is 0 Å². The number of nitrogens with one attached hydrogen (secondary N) is 1. The van der Waals surface area contributed by atoms with Crippen LogP contribution >= 0.6 is 9.24 Å². The van der Waals surface area contributed by atoms with Gasteiger partial charge >= 0.3 is 6.09 Å². The van der Waals surface area contributed by atoms with Crippen LogP contribution in [0, 0.1) is 23.6 Å². The Bertz CT molecular complexity index is 1780. The van der Waals surface area contributed by atoms with Gasteiger partial charge in [-0.25, -0.2) is 14.2 Å². The van der Waals surface area contributed by atoms with Gasteiger partial charge in [0.15, 0.2) is 5.90 Å². The number of aryl methyl sites for hydroxylation is 1. The molecule has 2 amide bonds. The number of amides is 2. The normalized spacial score (nSPS) is 11.7. The van der Waals surface area contributed by atoms with Crippen molar-refractivity contribution in [2.45, 2.75) is 141 Å². The molecular weight excluding hydrogens is 803 g/mol. The van der Waals surface area contributed by atoms with Gasteiger partial charge in [-0.05, 0) is 81.3 Å². The summed E-state index contributed by atoms with van der Waals surface area (Å²) in [5, 5.41) is 2.72. The van der Waals surface area contributed by atoms with E-state index >= 15 is 4.39 Å². The molecule has 10 nitrogen and oxygen atoms in total. The number of methoxy groups -OCH3 is 2. The Labute approximate surface area is 379 Å². The van der Waals surface area contributed by atoms with Gasteiger partial charge in [0.2, 0.25) is 5.91 Å². The molecule has 2 atom stereocenters. The van der Waals surface area contributed by atoms with Crippen LogP contribution in [0.15, 0.2) is 66.3 Å². The second-order valence-corrected chi connectivity index (χ2v) is 17.2. The zero-order chi connectivity index (χ0) is 48.4. The lowest BCUT2D eigenvalue weighted by atomic mass is 9.94. The fourth-order valence-corrected chi connectivity index (χ4v) is 5.00. The summed E-state index contributed by atoms with van der Waals surface area (Å²) in [6.45, 7) is 36.7. The Hall–Kier alpha value is -4.18. The number of carbonyl (C=O) groups is 2. The number of aromatic nitrogens is 1. The van der Waals surface area contributed by atoms with E-state index in [2.05, 4.69) is 63.5 Å². The summed E-state index contributed by atoms with van der Waals surface area (Å²) in [6, 6.07) is 13.8. The topological polar surface area (TPSA) is 112 Å². The maximum atomic E-state index is 15.5. The Kier molecular flexibility index (Phi) is 29.0. The van der Waals surface area contributed by atoms with Gasteiger partial charge in [-0.2, -0.15) is 0 Å². The molecule has 0 spiro atoms. The third kappa shape index (κ3) is 22.8. The Morgan fingerprint density at radius 2 is 1.45 bits per heavy atom. The monoisotopic (exact) mass is 887 g/mol. The van der Waals surface area contributed by atoms with E-state index in [1.807, 2.05) is 84.6 Å². The summed E-state index contributed by atoms with van der Waals surface area (Å²) in [5.41, 5.74) is 4.07. The van der Waals surface area contributed by atoms with E-state index in [1.165, 1.54) is 24.5 Å². The van der Waals surface area contributed by atoms with E-state index in [4.69, 9.17) is 14.2 Å². The van der Waals surface area contributed by atoms with Gasteiger partial charge in [0, 0.05) is 50.7 Å². The van der Waals surface area contributed by atoms with E-state index in [1.54, 1.807) is 61.1 Å². The molecule has 2 aromatic carbocycles. The number of carbonyl (C=O) groups excluding carboxylic acids is 2. The standard InChI is InChI=1S/C39H51FN4O5.C6H14.C2H6O.C2H6.CH5P.H2/c1-12-32(43-37(46)49-39(8,9)10)35(45)44(23-28-16-19-33(41-22-28)29-17-14-27(15-18-29)24-48-13-2)34-21-30(31(40)20-25(34)3)26(4)42-36(47-11)38(5,6)7;1-5-6(2,3)4;1-3-2;2*1-2;/h14-22,32H,4,12-13,23-24H2,1-3,5-11H3,(H,43,46);5H2,1-4H3;1-2H3;1-2H3;2H2,1H3;1H/t32-;;;;;/m0...../s1. The summed E-state index contributed by atoms with van der Waals surface area (Å²) in [7, 11) is 7.17. The number of benzene rings is 2. The Balaban J connectivity index is -0.00000228. The van der Waals surface area contributed by atoms with Crippen molar-refractivity contribution < 1.29 is 34.4 Å². The molecule has 0 aliphatic rings. The summed E-state index contributed by atoms with van der Waals surface area (Å²) in [5.74, 6) is -0.553. The number of rotatable bonds is 12. The zero-order valence-corrected chi connectivity index (χ0v) is 42.9. The quantitative estimate of drug-likeness (QED) is 0.109. The van der Waals surface area contributed by atoms with Gasteiger partial charge in [-0.15, -0.1) is 9.24 Å². The predicted octanol–water partition coefficient (Wildman–Crippen LogP) is 13.1. The fraction of sp³-hybridized carbons (Fsp3) is 0.560. The van der Waals surface area contributed by atoms with Crippen molar-refractivity contribution in [3.8, 4) is 11.3 Å². The average molecular weight is 887 g/mol. The van der Waals surface area contributed by atoms with Gasteiger partial charge in [-0.1, -0.05) is 119 Å². The van der Waals surface area contributed by atoms with Gasteiger partial charge in [-0.3, -0.25) is 9.78 Å². The van der Waals surface area contributed by atoms with Crippen molar-refractivity contribution in [2.24, 2.45) is 15.8 Å². The number of nitrogens with zero attached hydrogens (tertiary/aromatic N) is 3. The van der Waals surface area contributed by atoms with Crippen LogP contribution in [0.2, 0.25) is 0 Å². The van der Waals surface area contributed by atoms with Crippen molar-refractivity contribution in [1.29, 1.82) is 0 Å². The Morgan fingerprint density at radius 3 is 1.87 bits per heavy atom. The second kappa shape index (κ2) is 30.0. The van der Waals surface area contributed by atoms with E-state index in [0.717, 1.165) is 22.4 Å². The summed E-state index contributed by atoms with van der Waals surface area (Å²) >= 11 is 0. The van der Waals surface area contributed by atoms with Gasteiger partial charge in [0.1, 0.15) is 17.5 Å². The highest BCUT2D eigenvalue weighted by atomic mass is 31.0. The molecule has 3 rings (SSSR count). The smallest absolute Gasteiger partial charge is 0.408 e. The first kappa shape index (κ1) is 59.9. The van der Waals surface area contributed by atoms with Gasteiger partial charge in [0.25, 0.3) is 0 Å². The number of pyridine rings is 1. The largest absolute Gasteiger partial charge is 0.484 e. The highest BCUT2D eigenvalue weighted by Gasteiger charge is 2.30. The number of hydrogen-bond donors (Lipinski definition) is 1. The summed E-state index contributed by atoms with van der Waals surface area (Å²) in [6.07, 6.45) is 2.56. The van der Waals surface area contributed by atoms with Crippen LogP contribution in [-0.4, -0.2) is 69.1 Å². The first-order valence-electron chi connectivity index (χ1n) is 21.5. The molecule has 0 aliphatic carbocycles. The first-order valence-corrected chi connectivity index (χ1v) is 22.6. The molecular formula is C50H84FN4O6P. The number of anilines is 1. The molecule has 0 fully saturated rings. The lowest BCUT2D eigenvalue weighted by Crippen LogP contribution is -2.49. The molecule has 0 saturated carbocycles. The van der Waals surface area contributed by atoms with Crippen LogP contribution in [0.4, 0.5) is 14.9 Å². The van der Waals surface area contributed by atoms with Crippen molar-refractivity contribution in [3.05, 3.63) is 89.4 Å². The molecule has 1 N–H and O–H groups in total. The average Bonchev–Trinajstić information content (AvgIpc) is 3.21. The zero-order valence-electron chi connectivity index (χ0n) is 41.8. The number of hydrogen-bond acceptors (Lipinski definition) is 8. The summed E-state index contributed by atoms with van der Waals surface area (Å²) < 4.78 is 36.2. The molecule has 62 heavy (non-hydrogen) atoms. The molecule has 3 aromatic rings. The molecule has 0 aliphatic heterocycles. The van der Waals surface area contributed by atoms with Crippen LogP contribution in [0.5, 0.6) is 0 Å². The highest BCUT2D eigenvalue weighted by molar-refractivity contribution is 7.15. The van der Waals surface area contributed by atoms with Gasteiger partial charge < -0.3 is 29.2 Å². The molecule has 0 bridgehead atoms. The van der Waals surface area contributed by atoms with Crippen LogP contribution in [0.3, 0.4) is 0 Å². The van der Waals surface area contributed by atoms with E-state index in [-0.39, 0.29) is 25.7 Å². The third-order valence-corrected chi connectivity index (χ3v) is 8.57. The van der Waals surface area contributed by atoms with E-state index in [0.29, 0.717) is 35.8 Å². The van der Waals surface area contributed by atoms with Gasteiger partial charge in [0.05, 0.1) is 31.7 Å². The fourth-order valence-electron chi connectivity index (χ4n) is 5.00. The number of halogens is 1. The Morgan fingerprint density at radius 1 is 0.919 bits per heavy atom. The lowest BCUT2D eigenvalue weighted by Gasteiger charge is -2.30. The number of aliphatic imine (C=N–C) groups is 1. The molecule has 1 aromatic heterocycles. The minimum Gasteiger partial charge on any atom is -0.484 e. The molecule has 352 valence electrons. The molecule has 0 saturated heterocycles. The maximum Gasteiger partial charge on any atom is 0.408 e. The van der Waals surface area contributed by atoms with Crippen molar-refractivity contribution in [2.75, 3.05) is 39.5 Å². The van der Waals surface area contributed by atoms with E-state index < -0.39 is 34.9 Å². The maximum absolute atomic E-state index is 15.5. The van der Waals surface area contributed by atoms with Crippen molar-refractivity contribution >= 4 is 38.5 Å². The van der Waals surface area contributed by atoms with Crippen molar-refractivity contribution in [1.82, 2.24) is 10.3 Å². The molecule has 1 unspecified atom stereocenters. The second-order valence-electron chi connectivity index (χ2n) is 17.2. The summed E-state index contributed by atoms with van der Waals surface area (Å²) in [4.78, 5) is 37.8. The molecule has 1 heterocycles. The minimum atomic E-state index is -0.924. The SMILES string of the molecule is C=C(N=C(OC)C(C)(C)C)c1cc(N(Cc2ccc(-c3ccc(COCC)cc3)nc2)C(=O)[C@H](CC)NC(=O)OC(C)(C)C)c(C)cc1F.CC.CCC(C)(C)C.COC.CP.[HH]. The van der Waals surface area contributed by atoms with Crippen LogP contribution in [-0.2, 0) is 36.9 Å². The van der Waals surface area contributed by atoms with E-state index in [9.17, 15) is 9.59 Å². The molecule has 0 radical (unpaired) electrons. The lowest BCUT2D eigenvalue weighted by molar-refractivity contribution is -0.120.